The van der Waals surface area contributed by atoms with Gasteiger partial charge in [-0.25, -0.2) is 0 Å². The molecule has 1 nitrogen and oxygen atoms in total. The zero-order valence-corrected chi connectivity index (χ0v) is 12.3. The molecule has 0 heterocycles. The topological polar surface area (TPSA) is 12.0 Å². The Morgan fingerprint density at radius 3 is 2.35 bits per heavy atom. The van der Waals surface area contributed by atoms with E-state index >= 15 is 0 Å². The molecule has 0 aliphatic heterocycles. The highest BCUT2D eigenvalue weighted by Gasteiger charge is 2.07. The van der Waals surface area contributed by atoms with Crippen molar-refractivity contribution in [1.82, 2.24) is 5.32 Å². The molecule has 0 spiro atoms. The van der Waals surface area contributed by atoms with Crippen LogP contribution >= 0.6 is 11.8 Å². The lowest BCUT2D eigenvalue weighted by atomic mass is 9.98. The molecule has 0 fully saturated rings. The van der Waals surface area contributed by atoms with Crippen LogP contribution in [-0.4, -0.2) is 12.8 Å². The molecule has 4 heteroatoms. The number of hydrogen-bond acceptors (Lipinski definition) is 2. The number of thioether (sulfide) groups is 1. The third kappa shape index (κ3) is 3.81. The maximum Gasteiger partial charge on any atom is 0.288 e. The van der Waals surface area contributed by atoms with Crippen molar-refractivity contribution in [2.75, 3.05) is 7.05 Å². The standard InChI is InChI=1S/C16H17F2NS/c1-11-9-12(10-19-2)3-8-15(11)13-4-6-14(7-5-13)20-16(17)18/h3-9,16,19H,10H2,1-2H3. The van der Waals surface area contributed by atoms with Crippen LogP contribution in [0.25, 0.3) is 11.1 Å². The number of aryl methyl sites for hydroxylation is 1. The van der Waals surface area contributed by atoms with Gasteiger partial charge in [-0.3, -0.25) is 0 Å². The number of rotatable bonds is 5. The Hall–Kier alpha value is -1.39. The lowest BCUT2D eigenvalue weighted by Crippen LogP contribution is -2.05. The first-order valence-corrected chi connectivity index (χ1v) is 7.27. The van der Waals surface area contributed by atoms with Crippen LogP contribution in [0, 0.1) is 6.92 Å². The molecule has 0 bridgehead atoms. The smallest absolute Gasteiger partial charge is 0.288 e. The maximum atomic E-state index is 12.3. The van der Waals surface area contributed by atoms with Crippen LogP contribution in [0.2, 0.25) is 0 Å². The summed E-state index contributed by atoms with van der Waals surface area (Å²) in [6.45, 7) is 2.90. The Bertz CT molecular complexity index is 567. The number of benzene rings is 2. The minimum atomic E-state index is -2.37. The molecular weight excluding hydrogens is 276 g/mol. The normalized spacial score (nSPS) is 11.1. The Morgan fingerprint density at radius 2 is 1.80 bits per heavy atom. The van der Waals surface area contributed by atoms with Crippen LogP contribution in [0.5, 0.6) is 0 Å². The molecule has 0 aliphatic rings. The summed E-state index contributed by atoms with van der Waals surface area (Å²) in [7, 11) is 1.92. The third-order valence-corrected chi connectivity index (χ3v) is 3.78. The van der Waals surface area contributed by atoms with Crippen molar-refractivity contribution < 1.29 is 8.78 Å². The summed E-state index contributed by atoms with van der Waals surface area (Å²) < 4.78 is 24.6. The van der Waals surface area contributed by atoms with Crippen molar-refractivity contribution in [3.8, 4) is 11.1 Å². The second-order valence-corrected chi connectivity index (χ2v) is 5.65. The van der Waals surface area contributed by atoms with Crippen LogP contribution in [-0.2, 0) is 6.54 Å². The second kappa shape index (κ2) is 6.86. The summed E-state index contributed by atoms with van der Waals surface area (Å²) in [5.41, 5.74) is 4.61. The molecule has 1 N–H and O–H groups in total. The highest BCUT2D eigenvalue weighted by atomic mass is 32.2. The van der Waals surface area contributed by atoms with Crippen LogP contribution in [0.4, 0.5) is 8.78 Å². The van der Waals surface area contributed by atoms with Crippen LogP contribution in [0.15, 0.2) is 47.4 Å². The first kappa shape index (κ1) is 15.0. The molecule has 2 aromatic rings. The minimum absolute atomic E-state index is 0.574. The zero-order chi connectivity index (χ0) is 14.5. The maximum absolute atomic E-state index is 12.3. The van der Waals surface area contributed by atoms with E-state index in [-0.39, 0.29) is 0 Å². The van der Waals surface area contributed by atoms with Gasteiger partial charge in [-0.05, 0) is 48.4 Å². The van der Waals surface area contributed by atoms with Crippen LogP contribution in [0.3, 0.4) is 0 Å². The van der Waals surface area contributed by atoms with Gasteiger partial charge in [0.2, 0.25) is 0 Å². The summed E-state index contributed by atoms with van der Waals surface area (Å²) in [4.78, 5) is 0.591. The van der Waals surface area contributed by atoms with E-state index in [0.717, 1.165) is 17.7 Å². The van der Waals surface area contributed by atoms with E-state index in [2.05, 4.69) is 30.4 Å². The van der Waals surface area contributed by atoms with Gasteiger partial charge in [0.1, 0.15) is 0 Å². The molecule has 0 atom stereocenters. The van der Waals surface area contributed by atoms with Gasteiger partial charge >= 0.3 is 0 Å². The van der Waals surface area contributed by atoms with Crippen molar-refractivity contribution in [2.45, 2.75) is 24.1 Å². The van der Waals surface area contributed by atoms with Crippen molar-refractivity contribution in [3.05, 3.63) is 53.6 Å². The van der Waals surface area contributed by atoms with Crippen LogP contribution in [0.1, 0.15) is 11.1 Å². The lowest BCUT2D eigenvalue weighted by molar-refractivity contribution is 0.252. The van der Waals surface area contributed by atoms with Gasteiger partial charge in [0, 0.05) is 11.4 Å². The van der Waals surface area contributed by atoms with Gasteiger partial charge in [0.15, 0.2) is 0 Å². The fourth-order valence-electron chi connectivity index (χ4n) is 2.18. The Balaban J connectivity index is 2.23. The highest BCUT2D eigenvalue weighted by Crippen LogP contribution is 2.29. The molecule has 2 rings (SSSR count). The summed E-state index contributed by atoms with van der Waals surface area (Å²) in [6.07, 6.45) is 0. The molecule has 0 saturated carbocycles. The van der Waals surface area contributed by atoms with Crippen molar-refractivity contribution in [3.63, 3.8) is 0 Å². The predicted octanol–water partition coefficient (Wildman–Crippen LogP) is 4.70. The summed E-state index contributed by atoms with van der Waals surface area (Å²) in [5, 5.41) is 3.12. The fraction of sp³-hybridized carbons (Fsp3) is 0.250. The van der Waals surface area contributed by atoms with Crippen molar-refractivity contribution in [2.24, 2.45) is 0 Å². The average Bonchev–Trinajstić information content (AvgIpc) is 2.40. The van der Waals surface area contributed by atoms with Crippen molar-refractivity contribution in [1.29, 1.82) is 0 Å². The first-order valence-electron chi connectivity index (χ1n) is 6.39. The van der Waals surface area contributed by atoms with E-state index in [9.17, 15) is 8.78 Å². The molecular formula is C16H17F2NS. The lowest BCUT2D eigenvalue weighted by Gasteiger charge is -2.09. The Morgan fingerprint density at radius 1 is 1.10 bits per heavy atom. The molecule has 0 amide bonds. The van der Waals surface area contributed by atoms with E-state index in [0.29, 0.717) is 16.7 Å². The number of alkyl halides is 2. The first-order chi connectivity index (χ1) is 9.60. The SMILES string of the molecule is CNCc1ccc(-c2ccc(SC(F)F)cc2)c(C)c1. The molecule has 0 saturated heterocycles. The summed E-state index contributed by atoms with van der Waals surface area (Å²) >= 11 is 0.574. The van der Waals surface area contributed by atoms with E-state index in [1.807, 2.05) is 19.2 Å². The van der Waals surface area contributed by atoms with Gasteiger partial charge in [0.05, 0.1) is 0 Å². The number of nitrogens with one attached hydrogen (secondary N) is 1. The molecule has 20 heavy (non-hydrogen) atoms. The Kier molecular flexibility index (Phi) is 5.15. The molecule has 0 aromatic heterocycles. The van der Waals surface area contributed by atoms with Gasteiger partial charge < -0.3 is 5.32 Å². The van der Waals surface area contributed by atoms with E-state index in [1.54, 1.807) is 12.1 Å². The third-order valence-electron chi connectivity index (χ3n) is 3.06. The quantitative estimate of drug-likeness (QED) is 0.802. The molecule has 0 aliphatic carbocycles. The Labute approximate surface area is 122 Å². The monoisotopic (exact) mass is 293 g/mol. The highest BCUT2D eigenvalue weighted by molar-refractivity contribution is 7.99. The van der Waals surface area contributed by atoms with E-state index in [4.69, 9.17) is 0 Å². The minimum Gasteiger partial charge on any atom is -0.316 e. The van der Waals surface area contributed by atoms with Gasteiger partial charge in [0.25, 0.3) is 5.76 Å². The summed E-state index contributed by atoms with van der Waals surface area (Å²) in [6, 6.07) is 13.6. The molecule has 0 radical (unpaired) electrons. The largest absolute Gasteiger partial charge is 0.316 e. The van der Waals surface area contributed by atoms with E-state index in [1.165, 1.54) is 11.1 Å². The molecule has 2 aromatic carbocycles. The molecule has 0 unspecified atom stereocenters. The summed E-state index contributed by atoms with van der Waals surface area (Å²) in [5.74, 6) is -2.37. The van der Waals surface area contributed by atoms with Gasteiger partial charge in [-0.15, -0.1) is 0 Å². The van der Waals surface area contributed by atoms with Gasteiger partial charge in [-0.2, -0.15) is 8.78 Å². The average molecular weight is 293 g/mol. The second-order valence-electron chi connectivity index (χ2n) is 4.58. The molecule has 106 valence electrons. The van der Waals surface area contributed by atoms with Crippen LogP contribution < -0.4 is 5.32 Å². The number of hydrogen-bond donors (Lipinski definition) is 1. The predicted molar refractivity (Wildman–Crippen MR) is 81.2 cm³/mol. The number of halogens is 2. The van der Waals surface area contributed by atoms with E-state index < -0.39 is 5.76 Å². The fourth-order valence-corrected chi connectivity index (χ4v) is 2.68. The van der Waals surface area contributed by atoms with Gasteiger partial charge in [-0.1, -0.05) is 42.1 Å². The van der Waals surface area contributed by atoms with Crippen molar-refractivity contribution >= 4 is 11.8 Å². The zero-order valence-electron chi connectivity index (χ0n) is 11.5.